The summed E-state index contributed by atoms with van der Waals surface area (Å²) in [4.78, 5) is 2.63. The predicted octanol–water partition coefficient (Wildman–Crippen LogP) is 4.74. The molecule has 19 heavy (non-hydrogen) atoms. The maximum Gasteiger partial charge on any atom is 0.0289 e. The highest BCUT2D eigenvalue weighted by Crippen LogP contribution is 2.31. The smallest absolute Gasteiger partial charge is 0.0289 e. The van der Waals surface area contributed by atoms with Gasteiger partial charge in [0.15, 0.2) is 0 Å². The lowest BCUT2D eigenvalue weighted by molar-refractivity contribution is 0.652. The van der Waals surface area contributed by atoms with Gasteiger partial charge in [0.2, 0.25) is 0 Å². The lowest BCUT2D eigenvalue weighted by Crippen LogP contribution is -2.11. The molecule has 1 atom stereocenters. The van der Waals surface area contributed by atoms with Crippen LogP contribution in [-0.4, -0.2) is 7.05 Å². The van der Waals surface area contributed by atoms with Crippen molar-refractivity contribution < 1.29 is 0 Å². The fraction of sp³-hybridized carbons (Fsp3) is 0.294. The van der Waals surface area contributed by atoms with Gasteiger partial charge in [-0.3, -0.25) is 0 Å². The molecule has 0 heterocycles. The fourth-order valence-corrected chi connectivity index (χ4v) is 2.94. The summed E-state index contributed by atoms with van der Waals surface area (Å²) in [7, 11) is 1.99. The molecule has 1 N–H and O–H groups in total. The van der Waals surface area contributed by atoms with Crippen LogP contribution in [0.3, 0.4) is 0 Å². The summed E-state index contributed by atoms with van der Waals surface area (Å²) in [5.41, 5.74) is 3.98. The van der Waals surface area contributed by atoms with Crippen molar-refractivity contribution in [2.75, 3.05) is 7.05 Å². The first-order valence-electron chi connectivity index (χ1n) is 6.62. The molecular formula is C17H21NS. The third-order valence-corrected chi connectivity index (χ3v) is 4.55. The normalized spacial score (nSPS) is 12.4. The molecule has 0 radical (unpaired) electrons. The first kappa shape index (κ1) is 14.2. The first-order valence-corrected chi connectivity index (χ1v) is 7.44. The van der Waals surface area contributed by atoms with E-state index in [-0.39, 0.29) is 0 Å². The molecule has 1 nitrogen and oxygen atoms in total. The van der Waals surface area contributed by atoms with Gasteiger partial charge in [0, 0.05) is 15.8 Å². The second kappa shape index (κ2) is 6.27. The SMILES string of the molecule is CNC(C)c1ccc(Sc2cc(C)ccc2C)cc1. The third kappa shape index (κ3) is 3.62. The molecule has 0 saturated carbocycles. The van der Waals surface area contributed by atoms with Crippen LogP contribution in [0.2, 0.25) is 0 Å². The van der Waals surface area contributed by atoms with Gasteiger partial charge in [-0.1, -0.05) is 36.0 Å². The Bertz CT molecular complexity index is 546. The summed E-state index contributed by atoms with van der Waals surface area (Å²) in [5, 5.41) is 3.26. The van der Waals surface area contributed by atoms with E-state index in [4.69, 9.17) is 0 Å². The molecule has 0 aliphatic carbocycles. The predicted molar refractivity (Wildman–Crippen MR) is 84.0 cm³/mol. The van der Waals surface area contributed by atoms with Crippen LogP contribution in [0.5, 0.6) is 0 Å². The number of hydrogen-bond donors (Lipinski definition) is 1. The van der Waals surface area contributed by atoms with E-state index in [9.17, 15) is 0 Å². The lowest BCUT2D eigenvalue weighted by Gasteiger charge is -2.11. The van der Waals surface area contributed by atoms with Crippen LogP contribution < -0.4 is 5.32 Å². The van der Waals surface area contributed by atoms with Crippen LogP contribution in [0.25, 0.3) is 0 Å². The molecular weight excluding hydrogens is 250 g/mol. The quantitative estimate of drug-likeness (QED) is 0.862. The van der Waals surface area contributed by atoms with E-state index in [1.54, 1.807) is 0 Å². The van der Waals surface area contributed by atoms with Gasteiger partial charge in [-0.2, -0.15) is 0 Å². The number of aryl methyl sites for hydroxylation is 2. The van der Waals surface area contributed by atoms with Crippen LogP contribution >= 0.6 is 11.8 Å². The third-order valence-electron chi connectivity index (χ3n) is 3.38. The molecule has 0 spiro atoms. The summed E-state index contributed by atoms with van der Waals surface area (Å²) < 4.78 is 0. The molecule has 2 rings (SSSR count). The fourth-order valence-electron chi connectivity index (χ4n) is 1.94. The number of rotatable bonds is 4. The molecule has 0 saturated heterocycles. The van der Waals surface area contributed by atoms with Crippen molar-refractivity contribution in [2.45, 2.75) is 36.6 Å². The Kier molecular flexibility index (Phi) is 4.67. The lowest BCUT2D eigenvalue weighted by atomic mass is 10.1. The molecule has 0 amide bonds. The Morgan fingerprint density at radius 2 is 1.68 bits per heavy atom. The van der Waals surface area contributed by atoms with E-state index >= 15 is 0 Å². The summed E-state index contributed by atoms with van der Waals surface area (Å²) >= 11 is 1.84. The molecule has 1 unspecified atom stereocenters. The molecule has 0 bridgehead atoms. The van der Waals surface area contributed by atoms with E-state index in [0.717, 1.165) is 0 Å². The van der Waals surface area contributed by atoms with Gasteiger partial charge in [-0.25, -0.2) is 0 Å². The minimum Gasteiger partial charge on any atom is -0.313 e. The highest BCUT2D eigenvalue weighted by atomic mass is 32.2. The van der Waals surface area contributed by atoms with Gasteiger partial charge in [0.25, 0.3) is 0 Å². The zero-order valence-corrected chi connectivity index (χ0v) is 12.8. The van der Waals surface area contributed by atoms with Crippen molar-refractivity contribution in [3.8, 4) is 0 Å². The van der Waals surface area contributed by atoms with Crippen LogP contribution in [0, 0.1) is 13.8 Å². The van der Waals surface area contributed by atoms with E-state index in [1.165, 1.54) is 26.5 Å². The summed E-state index contributed by atoms with van der Waals surface area (Å²) in [5.74, 6) is 0. The van der Waals surface area contributed by atoms with Crippen LogP contribution in [0.4, 0.5) is 0 Å². The van der Waals surface area contributed by atoms with Crippen molar-refractivity contribution in [1.29, 1.82) is 0 Å². The van der Waals surface area contributed by atoms with Crippen molar-refractivity contribution >= 4 is 11.8 Å². The van der Waals surface area contributed by atoms with Gasteiger partial charge >= 0.3 is 0 Å². The van der Waals surface area contributed by atoms with Crippen molar-refractivity contribution in [2.24, 2.45) is 0 Å². The monoisotopic (exact) mass is 271 g/mol. The average Bonchev–Trinajstić information content (AvgIpc) is 2.43. The second-order valence-corrected chi connectivity index (χ2v) is 6.07. The minimum absolute atomic E-state index is 0.403. The Balaban J connectivity index is 2.17. The standard InChI is InChI=1S/C17H21NS/c1-12-5-6-13(2)17(11-12)19-16-9-7-15(8-10-16)14(3)18-4/h5-11,14,18H,1-4H3. The van der Waals surface area contributed by atoms with Crippen molar-refractivity contribution in [3.05, 3.63) is 59.2 Å². The van der Waals surface area contributed by atoms with E-state index in [1.807, 2.05) is 18.8 Å². The molecule has 0 fully saturated rings. The van der Waals surface area contributed by atoms with Gasteiger partial charge in [-0.15, -0.1) is 0 Å². The Labute approximate surface area is 120 Å². The number of hydrogen-bond acceptors (Lipinski definition) is 2. The molecule has 2 aromatic rings. The minimum atomic E-state index is 0.403. The Morgan fingerprint density at radius 1 is 1.00 bits per heavy atom. The summed E-state index contributed by atoms with van der Waals surface area (Å²) in [6, 6.07) is 15.8. The molecule has 0 aliphatic rings. The van der Waals surface area contributed by atoms with E-state index in [0.29, 0.717) is 6.04 Å². The van der Waals surface area contributed by atoms with Crippen LogP contribution in [-0.2, 0) is 0 Å². The average molecular weight is 271 g/mol. The van der Waals surface area contributed by atoms with Crippen molar-refractivity contribution in [1.82, 2.24) is 5.32 Å². The number of nitrogens with one attached hydrogen (secondary N) is 1. The second-order valence-electron chi connectivity index (χ2n) is 4.95. The van der Waals surface area contributed by atoms with Gasteiger partial charge in [-0.05, 0) is 62.7 Å². The largest absolute Gasteiger partial charge is 0.313 e. The van der Waals surface area contributed by atoms with Crippen molar-refractivity contribution in [3.63, 3.8) is 0 Å². The summed E-state index contributed by atoms with van der Waals surface area (Å²) in [6.45, 7) is 6.48. The molecule has 2 heteroatoms. The van der Waals surface area contributed by atoms with E-state index < -0.39 is 0 Å². The van der Waals surface area contributed by atoms with Gasteiger partial charge in [0.1, 0.15) is 0 Å². The van der Waals surface area contributed by atoms with Gasteiger partial charge in [0.05, 0.1) is 0 Å². The zero-order valence-electron chi connectivity index (χ0n) is 12.0. The molecule has 0 aromatic heterocycles. The molecule has 2 aromatic carbocycles. The first-order chi connectivity index (χ1) is 9.10. The van der Waals surface area contributed by atoms with Crippen LogP contribution in [0.1, 0.15) is 29.7 Å². The maximum absolute atomic E-state index is 3.26. The van der Waals surface area contributed by atoms with Crippen LogP contribution in [0.15, 0.2) is 52.3 Å². The molecule has 100 valence electrons. The zero-order chi connectivity index (χ0) is 13.8. The highest BCUT2D eigenvalue weighted by Gasteiger charge is 2.04. The van der Waals surface area contributed by atoms with Gasteiger partial charge < -0.3 is 5.32 Å². The highest BCUT2D eigenvalue weighted by molar-refractivity contribution is 7.99. The number of benzene rings is 2. The Hall–Kier alpha value is -1.25. The maximum atomic E-state index is 3.26. The topological polar surface area (TPSA) is 12.0 Å². The van der Waals surface area contributed by atoms with E-state index in [2.05, 4.69) is 68.6 Å². The Morgan fingerprint density at radius 3 is 2.32 bits per heavy atom. The molecule has 0 aliphatic heterocycles. The summed E-state index contributed by atoms with van der Waals surface area (Å²) in [6.07, 6.45) is 0.